The van der Waals surface area contributed by atoms with Crippen LogP contribution in [-0.2, 0) is 24.2 Å². The van der Waals surface area contributed by atoms with Crippen molar-refractivity contribution in [3.05, 3.63) is 84.4 Å². The molecule has 17 nitrogen and oxygen atoms in total. The lowest BCUT2D eigenvalue weighted by molar-refractivity contribution is 0.0347. The number of rotatable bonds is 17. The average Bonchev–Trinajstić information content (AvgIpc) is 3.25. The molecule has 4 aromatic rings. The summed E-state index contributed by atoms with van der Waals surface area (Å²) in [7, 11) is -2.63. The molecule has 2 aliphatic heterocycles. The van der Waals surface area contributed by atoms with Crippen molar-refractivity contribution in [2.24, 2.45) is 11.7 Å². The number of likely N-dealkylation sites (N-methyl/N-ethyl adjacent to an activating group) is 1. The number of para-hydroxylation sites is 1. The van der Waals surface area contributed by atoms with Gasteiger partial charge in [-0.1, -0.05) is 49.4 Å². The van der Waals surface area contributed by atoms with E-state index in [-0.39, 0.29) is 54.7 Å². The second-order valence-corrected chi connectivity index (χ2v) is 16.4. The highest BCUT2D eigenvalue weighted by molar-refractivity contribution is 7.89. The minimum absolute atomic E-state index is 0.00421. The highest BCUT2D eigenvalue weighted by Crippen LogP contribution is 2.37. The van der Waals surface area contributed by atoms with Crippen LogP contribution in [0.2, 0.25) is 0 Å². The van der Waals surface area contributed by atoms with Gasteiger partial charge in [0, 0.05) is 44.1 Å². The number of alkyl carbamates (subject to hydrolysis) is 1. The maximum Gasteiger partial charge on any atom is 0.407 e. The number of sulfonamides is 1. The molecule has 0 saturated heterocycles. The fourth-order valence-electron chi connectivity index (χ4n) is 6.75. The number of ether oxygens (including phenoxy) is 6. The van der Waals surface area contributed by atoms with E-state index in [4.69, 9.17) is 34.2 Å². The van der Waals surface area contributed by atoms with Crippen LogP contribution >= 0.6 is 0 Å². The van der Waals surface area contributed by atoms with E-state index in [2.05, 4.69) is 16.0 Å². The smallest absolute Gasteiger partial charge is 0.407 e. The minimum atomic E-state index is -4.08. The summed E-state index contributed by atoms with van der Waals surface area (Å²) in [5.41, 5.74) is 6.28. The van der Waals surface area contributed by atoms with Crippen LogP contribution < -0.4 is 35.9 Å². The summed E-state index contributed by atoms with van der Waals surface area (Å²) in [6.07, 6.45) is -1.52. The van der Waals surface area contributed by atoms with Gasteiger partial charge in [0.15, 0.2) is 17.2 Å². The van der Waals surface area contributed by atoms with Gasteiger partial charge in [-0.05, 0) is 42.6 Å². The molecule has 3 atom stereocenters. The number of nitrogens with one attached hydrogen (secondary N) is 3. The second-order valence-electron chi connectivity index (χ2n) is 14.4. The molecule has 5 N–H and O–H groups in total. The van der Waals surface area contributed by atoms with E-state index in [9.17, 15) is 22.8 Å². The predicted octanol–water partition coefficient (Wildman–Crippen LogP) is 4.52. The first-order valence-electron chi connectivity index (χ1n) is 19.7. The molecule has 0 saturated carbocycles. The summed E-state index contributed by atoms with van der Waals surface area (Å²) < 4.78 is 63.2. The molecule has 2 aliphatic rings. The second kappa shape index (κ2) is 20.5. The van der Waals surface area contributed by atoms with Gasteiger partial charge in [-0.3, -0.25) is 4.79 Å². The Kier molecular flexibility index (Phi) is 15.0. The van der Waals surface area contributed by atoms with Crippen LogP contribution in [0.1, 0.15) is 24.2 Å². The molecule has 0 radical (unpaired) electrons. The first-order valence-corrected chi connectivity index (χ1v) is 21.2. The number of carbonyl (C=O) groups is 3. The largest absolute Gasteiger partial charge is 0.486 e. The standard InChI is InChI=1S/C42H52N6O11S/c1-28-25-48(29(2)27-58-42(51)44-17-19-55-21-20-54-18-16-43)40(49)33-11-7-13-35(46-41(50)45-34-12-6-9-30-8-4-5-10-32(30)34)39(33)59-38(28)26-47(3)60(52,53)31-14-15-36-37(24-31)57-23-22-56-36/h4-15,24,28-29,38H,16-23,25-27,43H2,1-3H3,(H,44,51)(H2,45,46,50)/t28-,29+,38+/m1/s1. The lowest BCUT2D eigenvalue weighted by Gasteiger charge is -2.38. The molecule has 60 heavy (non-hydrogen) atoms. The molecular weight excluding hydrogens is 797 g/mol. The zero-order chi connectivity index (χ0) is 42.6. The lowest BCUT2D eigenvalue weighted by atomic mass is 9.99. The Morgan fingerprint density at radius 1 is 0.917 bits per heavy atom. The molecule has 0 fully saturated rings. The molecule has 0 spiro atoms. The first kappa shape index (κ1) is 43.9. The summed E-state index contributed by atoms with van der Waals surface area (Å²) >= 11 is 0. The highest BCUT2D eigenvalue weighted by atomic mass is 32.2. The SMILES string of the molecule is C[C@@H]1CN([C@@H](C)COC(=O)NCCOCCOCCN)C(=O)c2cccc(NC(=O)Nc3cccc4ccccc34)c2O[C@H]1CN(C)S(=O)(=O)c1ccc2c(c1)OCCO2. The number of benzene rings is 4. The predicted molar refractivity (Wildman–Crippen MR) is 224 cm³/mol. The zero-order valence-electron chi connectivity index (χ0n) is 33.9. The fourth-order valence-corrected chi connectivity index (χ4v) is 7.95. The number of nitrogens with two attached hydrogens (primary N) is 1. The van der Waals surface area contributed by atoms with Crippen molar-refractivity contribution in [2.45, 2.75) is 30.9 Å². The normalized spacial score (nSPS) is 16.9. The van der Waals surface area contributed by atoms with Crippen LogP contribution in [0.25, 0.3) is 10.8 Å². The zero-order valence-corrected chi connectivity index (χ0v) is 34.7. The van der Waals surface area contributed by atoms with Gasteiger partial charge in [-0.2, -0.15) is 4.31 Å². The summed E-state index contributed by atoms with van der Waals surface area (Å²) in [5, 5.41) is 10.1. The fraction of sp³-hybridized carbons (Fsp3) is 0.405. The Bertz CT molecular complexity index is 2240. The van der Waals surface area contributed by atoms with E-state index >= 15 is 0 Å². The summed E-state index contributed by atoms with van der Waals surface area (Å²) in [6.45, 7) is 6.10. The van der Waals surface area contributed by atoms with Crippen LogP contribution in [-0.4, -0.2) is 127 Å². The molecule has 4 aromatic carbocycles. The molecule has 0 aromatic heterocycles. The van der Waals surface area contributed by atoms with Gasteiger partial charge >= 0.3 is 12.1 Å². The average molecular weight is 849 g/mol. The van der Waals surface area contributed by atoms with Crippen LogP contribution in [0.4, 0.5) is 21.0 Å². The van der Waals surface area contributed by atoms with E-state index in [0.717, 1.165) is 10.8 Å². The summed E-state index contributed by atoms with van der Waals surface area (Å²) in [6, 6.07) is 21.2. The van der Waals surface area contributed by atoms with Gasteiger partial charge in [0.1, 0.15) is 25.9 Å². The maximum absolute atomic E-state index is 14.4. The minimum Gasteiger partial charge on any atom is -0.486 e. The van der Waals surface area contributed by atoms with Crippen molar-refractivity contribution in [3.63, 3.8) is 0 Å². The molecule has 0 bridgehead atoms. The Hall–Kier alpha value is -5.66. The maximum atomic E-state index is 14.4. The molecule has 0 unspecified atom stereocenters. The van der Waals surface area contributed by atoms with Gasteiger partial charge in [0.05, 0.1) is 60.8 Å². The summed E-state index contributed by atoms with van der Waals surface area (Å²) in [5.74, 6) is -0.0707. The Morgan fingerprint density at radius 3 is 2.42 bits per heavy atom. The van der Waals surface area contributed by atoms with Gasteiger partial charge in [0.2, 0.25) is 10.0 Å². The van der Waals surface area contributed by atoms with Gasteiger partial charge < -0.3 is 55.0 Å². The number of anilines is 2. The topological polar surface area (TPSA) is 209 Å². The van der Waals surface area contributed by atoms with Crippen LogP contribution in [0.5, 0.6) is 17.2 Å². The van der Waals surface area contributed by atoms with Gasteiger partial charge in [0.25, 0.3) is 5.91 Å². The third-order valence-corrected chi connectivity index (χ3v) is 11.8. The molecule has 6 rings (SSSR count). The number of nitrogens with zero attached hydrogens (tertiary/aromatic N) is 2. The highest BCUT2D eigenvalue weighted by Gasteiger charge is 2.37. The number of hydrogen-bond acceptors (Lipinski definition) is 12. The third kappa shape index (κ3) is 10.9. The Balaban J connectivity index is 1.22. The van der Waals surface area contributed by atoms with E-state index in [1.54, 1.807) is 42.2 Å². The van der Waals surface area contributed by atoms with Crippen molar-refractivity contribution in [3.8, 4) is 17.2 Å². The van der Waals surface area contributed by atoms with Crippen molar-refractivity contribution < 1.29 is 51.2 Å². The quantitative estimate of drug-likeness (QED) is 0.108. The van der Waals surface area contributed by atoms with Crippen molar-refractivity contribution >= 4 is 50.2 Å². The molecule has 18 heteroatoms. The number of hydrogen-bond donors (Lipinski definition) is 4. The van der Waals surface area contributed by atoms with Crippen LogP contribution in [0.3, 0.4) is 0 Å². The Labute approximate surface area is 349 Å². The Morgan fingerprint density at radius 2 is 1.62 bits per heavy atom. The van der Waals surface area contributed by atoms with Crippen molar-refractivity contribution in [1.82, 2.24) is 14.5 Å². The molecule has 0 aliphatic carbocycles. The van der Waals surface area contributed by atoms with E-state index in [1.807, 2.05) is 43.3 Å². The van der Waals surface area contributed by atoms with E-state index < -0.39 is 46.1 Å². The number of carbonyl (C=O) groups excluding carboxylic acids is 3. The molecular formula is C42H52N6O11S. The number of fused-ring (bicyclic) bond motifs is 3. The van der Waals surface area contributed by atoms with E-state index in [1.165, 1.54) is 23.5 Å². The number of urea groups is 1. The van der Waals surface area contributed by atoms with Crippen LogP contribution in [0, 0.1) is 5.92 Å². The monoisotopic (exact) mass is 848 g/mol. The first-order chi connectivity index (χ1) is 29.0. The number of amides is 4. The molecule has 2 heterocycles. The summed E-state index contributed by atoms with van der Waals surface area (Å²) in [4.78, 5) is 42.2. The third-order valence-electron chi connectivity index (χ3n) is 9.98. The molecule has 322 valence electrons. The van der Waals surface area contributed by atoms with Crippen LogP contribution in [0.15, 0.2) is 83.8 Å². The molecule has 4 amide bonds. The van der Waals surface area contributed by atoms with Gasteiger partial charge in [-0.25, -0.2) is 18.0 Å². The lowest BCUT2D eigenvalue weighted by Crippen LogP contribution is -2.50. The van der Waals surface area contributed by atoms with Gasteiger partial charge in [-0.15, -0.1) is 0 Å². The van der Waals surface area contributed by atoms with Crippen molar-refractivity contribution in [2.75, 3.05) is 90.1 Å². The van der Waals surface area contributed by atoms with Crippen molar-refractivity contribution in [1.29, 1.82) is 0 Å². The van der Waals surface area contributed by atoms with E-state index in [0.29, 0.717) is 56.8 Å².